The van der Waals surface area contributed by atoms with Gasteiger partial charge in [0, 0.05) is 24.9 Å². The Balaban J connectivity index is 2.06. The van der Waals surface area contributed by atoms with E-state index in [1.807, 2.05) is 0 Å². The molecule has 0 aliphatic rings. The Hall–Kier alpha value is -2.70. The van der Waals surface area contributed by atoms with E-state index < -0.39 is 17.5 Å². The van der Waals surface area contributed by atoms with Gasteiger partial charge in [-0.05, 0) is 11.6 Å². The molecule has 1 aromatic heterocycles. The topological polar surface area (TPSA) is 77.2 Å². The highest BCUT2D eigenvalue weighted by atomic mass is 19.1. The van der Waals surface area contributed by atoms with Crippen LogP contribution in [0.25, 0.3) is 0 Å². The van der Waals surface area contributed by atoms with Gasteiger partial charge in [-0.2, -0.15) is 0 Å². The van der Waals surface area contributed by atoms with Crippen LogP contribution in [0.5, 0.6) is 5.88 Å². The summed E-state index contributed by atoms with van der Waals surface area (Å²) in [6.07, 6.45) is 1.52. The Labute approximate surface area is 119 Å². The number of hydrogen-bond acceptors (Lipinski definition) is 4. The third-order valence-electron chi connectivity index (χ3n) is 2.79. The SMILES string of the molecule is COc1ccc(CNC(=O)c2cc(N)c(F)cc2F)cn1. The van der Waals surface area contributed by atoms with E-state index in [2.05, 4.69) is 10.3 Å². The molecule has 0 saturated heterocycles. The lowest BCUT2D eigenvalue weighted by molar-refractivity contribution is 0.0947. The van der Waals surface area contributed by atoms with E-state index in [1.54, 1.807) is 12.1 Å². The molecule has 0 atom stereocenters. The summed E-state index contributed by atoms with van der Waals surface area (Å²) in [5, 5.41) is 2.50. The number of nitrogens with zero attached hydrogens (tertiary/aromatic N) is 1. The van der Waals surface area contributed by atoms with Gasteiger partial charge < -0.3 is 15.8 Å². The molecular formula is C14H13F2N3O2. The van der Waals surface area contributed by atoms with Crippen LogP contribution < -0.4 is 15.8 Å². The third-order valence-corrected chi connectivity index (χ3v) is 2.79. The van der Waals surface area contributed by atoms with Crippen molar-refractivity contribution >= 4 is 11.6 Å². The first kappa shape index (κ1) is 14.7. The fourth-order valence-corrected chi connectivity index (χ4v) is 1.65. The lowest BCUT2D eigenvalue weighted by atomic mass is 10.1. The first-order valence-electron chi connectivity index (χ1n) is 6.03. The summed E-state index contributed by atoms with van der Waals surface area (Å²) in [4.78, 5) is 15.8. The minimum atomic E-state index is -0.966. The number of carbonyl (C=O) groups excluding carboxylic acids is 1. The summed E-state index contributed by atoms with van der Waals surface area (Å²) in [6, 6.07) is 4.89. The van der Waals surface area contributed by atoms with Crippen molar-refractivity contribution in [2.75, 3.05) is 12.8 Å². The van der Waals surface area contributed by atoms with Crippen molar-refractivity contribution in [3.63, 3.8) is 0 Å². The van der Waals surface area contributed by atoms with Crippen LogP contribution in [0.2, 0.25) is 0 Å². The Morgan fingerprint density at radius 2 is 2.10 bits per heavy atom. The van der Waals surface area contributed by atoms with E-state index in [-0.39, 0.29) is 17.8 Å². The van der Waals surface area contributed by atoms with Crippen molar-refractivity contribution in [1.82, 2.24) is 10.3 Å². The summed E-state index contributed by atoms with van der Waals surface area (Å²) in [7, 11) is 1.49. The van der Waals surface area contributed by atoms with Crippen LogP contribution >= 0.6 is 0 Å². The average Bonchev–Trinajstić information content (AvgIpc) is 2.49. The molecule has 0 fully saturated rings. The Morgan fingerprint density at radius 3 is 2.71 bits per heavy atom. The number of methoxy groups -OCH3 is 1. The van der Waals surface area contributed by atoms with Crippen molar-refractivity contribution in [2.24, 2.45) is 0 Å². The maximum Gasteiger partial charge on any atom is 0.254 e. The number of ether oxygens (including phenoxy) is 1. The molecule has 0 aliphatic carbocycles. The van der Waals surface area contributed by atoms with Crippen LogP contribution in [0.3, 0.4) is 0 Å². The fraction of sp³-hybridized carbons (Fsp3) is 0.143. The largest absolute Gasteiger partial charge is 0.481 e. The standard InChI is InChI=1S/C14H13F2N3O2/c1-21-13-3-2-8(6-18-13)7-19-14(20)9-4-12(17)11(16)5-10(9)15/h2-6H,7,17H2,1H3,(H,19,20). The van der Waals surface area contributed by atoms with Crippen molar-refractivity contribution in [3.05, 3.63) is 53.2 Å². The van der Waals surface area contributed by atoms with Gasteiger partial charge in [-0.15, -0.1) is 0 Å². The van der Waals surface area contributed by atoms with E-state index in [1.165, 1.54) is 13.3 Å². The summed E-state index contributed by atoms with van der Waals surface area (Å²) < 4.78 is 31.5. The third kappa shape index (κ3) is 3.44. The monoisotopic (exact) mass is 293 g/mol. The number of aromatic nitrogens is 1. The summed E-state index contributed by atoms with van der Waals surface area (Å²) >= 11 is 0. The Kier molecular flexibility index (Phi) is 4.32. The number of carbonyl (C=O) groups is 1. The molecule has 1 heterocycles. The number of rotatable bonds is 4. The minimum Gasteiger partial charge on any atom is -0.481 e. The fourth-order valence-electron chi connectivity index (χ4n) is 1.65. The van der Waals surface area contributed by atoms with Gasteiger partial charge in [0.25, 0.3) is 5.91 Å². The van der Waals surface area contributed by atoms with E-state index in [9.17, 15) is 13.6 Å². The average molecular weight is 293 g/mol. The highest BCUT2D eigenvalue weighted by Crippen LogP contribution is 2.16. The van der Waals surface area contributed by atoms with Gasteiger partial charge in [-0.25, -0.2) is 13.8 Å². The molecule has 0 unspecified atom stereocenters. The zero-order valence-corrected chi connectivity index (χ0v) is 11.2. The highest BCUT2D eigenvalue weighted by Gasteiger charge is 2.14. The number of anilines is 1. The van der Waals surface area contributed by atoms with Crippen LogP contribution in [-0.2, 0) is 6.54 Å². The predicted molar refractivity (Wildman–Crippen MR) is 72.7 cm³/mol. The van der Waals surface area contributed by atoms with Gasteiger partial charge in [0.15, 0.2) is 0 Å². The molecule has 3 N–H and O–H groups in total. The first-order valence-corrected chi connectivity index (χ1v) is 6.03. The molecule has 0 aliphatic heterocycles. The van der Waals surface area contributed by atoms with Crippen LogP contribution in [0, 0.1) is 11.6 Å². The van der Waals surface area contributed by atoms with Crippen molar-refractivity contribution in [3.8, 4) is 5.88 Å². The highest BCUT2D eigenvalue weighted by molar-refractivity contribution is 5.95. The van der Waals surface area contributed by atoms with Crippen molar-refractivity contribution in [2.45, 2.75) is 6.54 Å². The van der Waals surface area contributed by atoms with E-state index in [0.29, 0.717) is 17.5 Å². The van der Waals surface area contributed by atoms with Gasteiger partial charge in [0.2, 0.25) is 5.88 Å². The molecule has 21 heavy (non-hydrogen) atoms. The molecule has 1 amide bonds. The van der Waals surface area contributed by atoms with Crippen LogP contribution in [0.1, 0.15) is 15.9 Å². The van der Waals surface area contributed by atoms with Gasteiger partial charge in [-0.1, -0.05) is 6.07 Å². The Bertz CT molecular complexity index is 660. The minimum absolute atomic E-state index is 0.145. The molecule has 7 heteroatoms. The maximum absolute atomic E-state index is 13.5. The molecule has 0 saturated carbocycles. The Morgan fingerprint density at radius 1 is 1.33 bits per heavy atom. The maximum atomic E-state index is 13.5. The van der Waals surface area contributed by atoms with Gasteiger partial charge in [-0.3, -0.25) is 4.79 Å². The number of benzene rings is 1. The molecule has 2 aromatic rings. The molecular weight excluding hydrogens is 280 g/mol. The second-order valence-electron chi connectivity index (χ2n) is 4.25. The van der Waals surface area contributed by atoms with Crippen LogP contribution in [-0.4, -0.2) is 18.0 Å². The van der Waals surface area contributed by atoms with Crippen molar-refractivity contribution < 1.29 is 18.3 Å². The number of nitrogen functional groups attached to an aromatic ring is 1. The molecule has 5 nitrogen and oxygen atoms in total. The lowest BCUT2D eigenvalue weighted by Gasteiger charge is -2.08. The normalized spacial score (nSPS) is 10.2. The van der Waals surface area contributed by atoms with Gasteiger partial charge >= 0.3 is 0 Å². The second-order valence-corrected chi connectivity index (χ2v) is 4.25. The zero-order chi connectivity index (χ0) is 15.4. The molecule has 2 rings (SSSR count). The van der Waals surface area contributed by atoms with Crippen LogP contribution in [0.4, 0.5) is 14.5 Å². The predicted octanol–water partition coefficient (Wildman–Crippen LogP) is 1.88. The number of nitrogens with two attached hydrogens (primary N) is 1. The molecule has 1 aromatic carbocycles. The summed E-state index contributed by atoms with van der Waals surface area (Å²) in [5.41, 5.74) is 5.43. The van der Waals surface area contributed by atoms with Gasteiger partial charge in [0.1, 0.15) is 11.6 Å². The van der Waals surface area contributed by atoms with Crippen molar-refractivity contribution in [1.29, 1.82) is 0 Å². The number of nitrogens with one attached hydrogen (secondary N) is 1. The van der Waals surface area contributed by atoms with E-state index in [0.717, 1.165) is 6.07 Å². The number of hydrogen-bond donors (Lipinski definition) is 2. The van der Waals surface area contributed by atoms with Crippen LogP contribution in [0.15, 0.2) is 30.5 Å². The second kappa shape index (κ2) is 6.17. The number of halogens is 2. The first-order chi connectivity index (χ1) is 10.0. The van der Waals surface area contributed by atoms with E-state index in [4.69, 9.17) is 10.5 Å². The zero-order valence-electron chi connectivity index (χ0n) is 11.2. The molecule has 0 radical (unpaired) electrons. The number of pyridine rings is 1. The molecule has 0 spiro atoms. The van der Waals surface area contributed by atoms with Gasteiger partial charge in [0.05, 0.1) is 18.4 Å². The van der Waals surface area contributed by atoms with E-state index >= 15 is 0 Å². The lowest BCUT2D eigenvalue weighted by Crippen LogP contribution is -2.24. The smallest absolute Gasteiger partial charge is 0.254 e. The summed E-state index contributed by atoms with van der Waals surface area (Å²) in [6.45, 7) is 0.145. The summed E-state index contributed by atoms with van der Waals surface area (Å²) in [5.74, 6) is -2.10. The number of amides is 1. The molecule has 0 bridgehead atoms. The molecule has 110 valence electrons. The quantitative estimate of drug-likeness (QED) is 0.844.